The van der Waals surface area contributed by atoms with Gasteiger partial charge in [-0.15, -0.1) is 0 Å². The molecule has 1 aromatic rings. The number of rotatable bonds is 4. The molecule has 2 rings (SSSR count). The molecule has 3 heteroatoms. The predicted molar refractivity (Wildman–Crippen MR) is 68.8 cm³/mol. The van der Waals surface area contributed by atoms with Crippen LogP contribution in [0, 0.1) is 5.41 Å². The van der Waals surface area contributed by atoms with E-state index in [9.17, 15) is 0 Å². The van der Waals surface area contributed by atoms with Crippen LogP contribution in [0.3, 0.4) is 0 Å². The number of pyridine rings is 1. The monoisotopic (exact) mass is 234 g/mol. The Bertz CT molecular complexity index is 342. The van der Waals surface area contributed by atoms with Crippen LogP contribution < -0.4 is 5.32 Å². The lowest BCUT2D eigenvalue weighted by Gasteiger charge is -2.33. The number of nitrogens with zero attached hydrogens (tertiary/aromatic N) is 1. The third-order valence-electron chi connectivity index (χ3n) is 3.73. The molecule has 0 radical (unpaired) electrons. The summed E-state index contributed by atoms with van der Waals surface area (Å²) in [4.78, 5) is 4.17. The molecule has 0 spiro atoms. The van der Waals surface area contributed by atoms with Gasteiger partial charge in [-0.1, -0.05) is 26.2 Å². The first-order valence-corrected chi connectivity index (χ1v) is 6.53. The predicted octanol–water partition coefficient (Wildman–Crippen LogP) is 2.85. The average molecular weight is 234 g/mol. The molecule has 1 heterocycles. The highest BCUT2D eigenvalue weighted by Gasteiger charge is 2.25. The van der Waals surface area contributed by atoms with Gasteiger partial charge in [0.25, 0.3) is 0 Å². The van der Waals surface area contributed by atoms with Crippen LogP contribution >= 0.6 is 0 Å². The molecule has 0 bridgehead atoms. The summed E-state index contributed by atoms with van der Waals surface area (Å²) in [7, 11) is 0. The summed E-state index contributed by atoms with van der Waals surface area (Å²) in [6, 6.07) is 3.55. The molecule has 1 fully saturated rings. The molecule has 1 saturated carbocycles. The first-order valence-electron chi connectivity index (χ1n) is 6.53. The van der Waals surface area contributed by atoms with Crippen molar-refractivity contribution in [2.24, 2.45) is 5.41 Å². The van der Waals surface area contributed by atoms with Gasteiger partial charge in [-0.25, -0.2) is 0 Å². The Balaban J connectivity index is 1.77. The standard InChI is InChI=1S/C14H22N2O/c1-14(7-3-2-4-8-14)11-15-9-12-5-6-13(17)10-16-12/h5-6,10,15,17H,2-4,7-9,11H2,1H3. The van der Waals surface area contributed by atoms with E-state index >= 15 is 0 Å². The van der Waals surface area contributed by atoms with Crippen LogP contribution in [-0.4, -0.2) is 16.6 Å². The minimum absolute atomic E-state index is 0.230. The van der Waals surface area contributed by atoms with Gasteiger partial charge in [0.15, 0.2) is 0 Å². The Morgan fingerprint density at radius 2 is 2.06 bits per heavy atom. The quantitative estimate of drug-likeness (QED) is 0.842. The molecule has 1 aromatic heterocycles. The second-order valence-corrected chi connectivity index (χ2v) is 5.48. The Morgan fingerprint density at radius 3 is 2.71 bits per heavy atom. The topological polar surface area (TPSA) is 45.1 Å². The molecule has 0 amide bonds. The van der Waals surface area contributed by atoms with E-state index in [0.29, 0.717) is 5.41 Å². The highest BCUT2D eigenvalue weighted by Crippen LogP contribution is 2.34. The van der Waals surface area contributed by atoms with E-state index in [4.69, 9.17) is 5.11 Å². The van der Waals surface area contributed by atoms with Crippen molar-refractivity contribution in [3.63, 3.8) is 0 Å². The van der Waals surface area contributed by atoms with E-state index in [0.717, 1.165) is 18.8 Å². The maximum absolute atomic E-state index is 9.14. The van der Waals surface area contributed by atoms with Crippen molar-refractivity contribution >= 4 is 0 Å². The van der Waals surface area contributed by atoms with Gasteiger partial charge in [-0.3, -0.25) is 4.98 Å². The van der Waals surface area contributed by atoms with E-state index < -0.39 is 0 Å². The highest BCUT2D eigenvalue weighted by molar-refractivity contribution is 5.17. The fourth-order valence-corrected chi connectivity index (χ4v) is 2.60. The molecule has 0 aliphatic heterocycles. The molecule has 1 aliphatic rings. The SMILES string of the molecule is CC1(CNCc2ccc(O)cn2)CCCCC1. The lowest BCUT2D eigenvalue weighted by atomic mass is 9.76. The third-order valence-corrected chi connectivity index (χ3v) is 3.73. The van der Waals surface area contributed by atoms with Crippen molar-refractivity contribution in [2.45, 2.75) is 45.6 Å². The summed E-state index contributed by atoms with van der Waals surface area (Å²) in [5.41, 5.74) is 1.46. The maximum Gasteiger partial charge on any atom is 0.133 e. The molecule has 17 heavy (non-hydrogen) atoms. The van der Waals surface area contributed by atoms with Crippen LogP contribution in [0.5, 0.6) is 5.75 Å². The Morgan fingerprint density at radius 1 is 1.29 bits per heavy atom. The molecule has 1 aliphatic carbocycles. The van der Waals surface area contributed by atoms with Crippen LogP contribution in [0.2, 0.25) is 0 Å². The molecule has 0 saturated heterocycles. The lowest BCUT2D eigenvalue weighted by molar-refractivity contribution is 0.207. The van der Waals surface area contributed by atoms with Crippen LogP contribution in [-0.2, 0) is 6.54 Å². The van der Waals surface area contributed by atoms with Crippen LogP contribution in [0.4, 0.5) is 0 Å². The first kappa shape index (κ1) is 12.4. The molecular formula is C14H22N2O. The van der Waals surface area contributed by atoms with Crippen LogP contribution in [0.25, 0.3) is 0 Å². The Kier molecular flexibility index (Phi) is 4.00. The van der Waals surface area contributed by atoms with Gasteiger partial charge in [0, 0.05) is 13.1 Å². The van der Waals surface area contributed by atoms with Gasteiger partial charge in [-0.05, 0) is 30.4 Å². The Labute approximate surface area is 103 Å². The summed E-state index contributed by atoms with van der Waals surface area (Å²) >= 11 is 0. The zero-order valence-electron chi connectivity index (χ0n) is 10.6. The van der Waals surface area contributed by atoms with Crippen molar-refractivity contribution < 1.29 is 5.11 Å². The molecule has 94 valence electrons. The normalized spacial score (nSPS) is 19.1. The van der Waals surface area contributed by atoms with E-state index in [1.54, 1.807) is 6.07 Å². The Hall–Kier alpha value is -1.09. The van der Waals surface area contributed by atoms with Crippen LogP contribution in [0.1, 0.15) is 44.7 Å². The van der Waals surface area contributed by atoms with E-state index in [1.165, 1.54) is 38.3 Å². The van der Waals surface area contributed by atoms with Gasteiger partial charge in [-0.2, -0.15) is 0 Å². The highest BCUT2D eigenvalue weighted by atomic mass is 16.3. The zero-order valence-corrected chi connectivity index (χ0v) is 10.6. The van der Waals surface area contributed by atoms with E-state index in [-0.39, 0.29) is 5.75 Å². The fraction of sp³-hybridized carbons (Fsp3) is 0.643. The number of aromatic hydroxyl groups is 1. The van der Waals surface area contributed by atoms with Crippen molar-refractivity contribution in [3.8, 4) is 5.75 Å². The molecule has 3 nitrogen and oxygen atoms in total. The lowest BCUT2D eigenvalue weighted by Crippen LogP contribution is -2.33. The third kappa shape index (κ3) is 3.70. The smallest absolute Gasteiger partial charge is 0.133 e. The van der Waals surface area contributed by atoms with E-state index in [2.05, 4.69) is 17.2 Å². The molecule has 0 aromatic carbocycles. The van der Waals surface area contributed by atoms with Crippen molar-refractivity contribution in [2.75, 3.05) is 6.54 Å². The van der Waals surface area contributed by atoms with Gasteiger partial charge < -0.3 is 10.4 Å². The van der Waals surface area contributed by atoms with Gasteiger partial charge in [0.05, 0.1) is 11.9 Å². The zero-order chi connectivity index (χ0) is 12.1. The molecule has 0 atom stereocenters. The summed E-state index contributed by atoms with van der Waals surface area (Å²) in [6.45, 7) is 4.23. The van der Waals surface area contributed by atoms with Crippen molar-refractivity contribution in [3.05, 3.63) is 24.0 Å². The van der Waals surface area contributed by atoms with E-state index in [1.807, 2.05) is 6.07 Å². The summed E-state index contributed by atoms with van der Waals surface area (Å²) < 4.78 is 0. The summed E-state index contributed by atoms with van der Waals surface area (Å²) in [5, 5.41) is 12.6. The minimum Gasteiger partial charge on any atom is -0.506 e. The van der Waals surface area contributed by atoms with Crippen molar-refractivity contribution in [1.29, 1.82) is 0 Å². The molecular weight excluding hydrogens is 212 g/mol. The van der Waals surface area contributed by atoms with Crippen LogP contribution in [0.15, 0.2) is 18.3 Å². The van der Waals surface area contributed by atoms with Gasteiger partial charge >= 0.3 is 0 Å². The largest absolute Gasteiger partial charge is 0.506 e. The van der Waals surface area contributed by atoms with Gasteiger partial charge in [0.1, 0.15) is 5.75 Å². The molecule has 0 unspecified atom stereocenters. The number of nitrogens with one attached hydrogen (secondary N) is 1. The fourth-order valence-electron chi connectivity index (χ4n) is 2.60. The number of hydrogen-bond acceptors (Lipinski definition) is 3. The average Bonchev–Trinajstić information content (AvgIpc) is 2.32. The second kappa shape index (κ2) is 5.50. The first-order chi connectivity index (χ1) is 8.18. The summed E-state index contributed by atoms with van der Waals surface area (Å²) in [5.74, 6) is 0.230. The molecule has 2 N–H and O–H groups in total. The number of hydrogen-bond donors (Lipinski definition) is 2. The van der Waals surface area contributed by atoms with Crippen molar-refractivity contribution in [1.82, 2.24) is 10.3 Å². The maximum atomic E-state index is 9.14. The second-order valence-electron chi connectivity index (χ2n) is 5.48. The summed E-state index contributed by atoms with van der Waals surface area (Å²) in [6.07, 6.45) is 8.31. The number of aromatic nitrogens is 1. The minimum atomic E-state index is 0.230. The van der Waals surface area contributed by atoms with Gasteiger partial charge in [0.2, 0.25) is 0 Å².